The lowest BCUT2D eigenvalue weighted by molar-refractivity contribution is 0.122. The van der Waals surface area contributed by atoms with Crippen molar-refractivity contribution in [3.63, 3.8) is 0 Å². The number of hydrogen-bond acceptors (Lipinski definition) is 6. The molecule has 1 saturated heterocycles. The van der Waals surface area contributed by atoms with E-state index in [4.69, 9.17) is 15.2 Å². The van der Waals surface area contributed by atoms with E-state index in [-0.39, 0.29) is 0 Å². The van der Waals surface area contributed by atoms with Crippen molar-refractivity contribution >= 4 is 11.4 Å². The van der Waals surface area contributed by atoms with E-state index in [0.717, 1.165) is 35.6 Å². The van der Waals surface area contributed by atoms with Gasteiger partial charge in [-0.3, -0.25) is 0 Å². The zero-order valence-corrected chi connectivity index (χ0v) is 13.6. The molecular formula is C17H22N4O2. The summed E-state index contributed by atoms with van der Waals surface area (Å²) < 4.78 is 11.1. The lowest BCUT2D eigenvalue weighted by atomic mass is 10.0. The Kier molecular flexibility index (Phi) is 4.62. The minimum atomic E-state index is 0.558. The first-order valence-corrected chi connectivity index (χ1v) is 7.88. The molecule has 0 atom stereocenters. The van der Waals surface area contributed by atoms with E-state index in [9.17, 15) is 0 Å². The summed E-state index contributed by atoms with van der Waals surface area (Å²) in [5.41, 5.74) is 10.5. The van der Waals surface area contributed by atoms with Crippen molar-refractivity contribution in [2.75, 3.05) is 43.5 Å². The molecule has 2 heterocycles. The molecule has 0 amide bonds. The molecule has 1 aliphatic rings. The van der Waals surface area contributed by atoms with E-state index < -0.39 is 0 Å². The van der Waals surface area contributed by atoms with Crippen molar-refractivity contribution in [3.05, 3.63) is 29.8 Å². The minimum absolute atomic E-state index is 0.558. The van der Waals surface area contributed by atoms with Crippen LogP contribution >= 0.6 is 0 Å². The second-order valence-electron chi connectivity index (χ2n) is 5.53. The highest BCUT2D eigenvalue weighted by molar-refractivity contribution is 5.72. The van der Waals surface area contributed by atoms with Crippen molar-refractivity contribution in [2.45, 2.75) is 13.8 Å². The quantitative estimate of drug-likeness (QED) is 0.873. The largest absolute Gasteiger partial charge is 0.475 e. The molecule has 2 N–H and O–H groups in total. The number of anilines is 2. The van der Waals surface area contributed by atoms with Crippen LogP contribution in [0.15, 0.2) is 24.3 Å². The van der Waals surface area contributed by atoms with Crippen LogP contribution in [-0.4, -0.2) is 43.1 Å². The second-order valence-corrected chi connectivity index (χ2v) is 5.53. The summed E-state index contributed by atoms with van der Waals surface area (Å²) in [7, 11) is 0. The van der Waals surface area contributed by atoms with Gasteiger partial charge in [0.25, 0.3) is 5.88 Å². The molecular weight excluding hydrogens is 292 g/mol. The van der Waals surface area contributed by atoms with Crippen LogP contribution in [0.25, 0.3) is 11.3 Å². The zero-order chi connectivity index (χ0) is 16.2. The lowest BCUT2D eigenvalue weighted by Gasteiger charge is -2.29. The smallest absolute Gasteiger partial charge is 0.257 e. The topological polar surface area (TPSA) is 73.5 Å². The van der Waals surface area contributed by atoms with Crippen LogP contribution in [0.2, 0.25) is 0 Å². The van der Waals surface area contributed by atoms with E-state index in [0.29, 0.717) is 31.4 Å². The molecule has 0 saturated carbocycles. The molecule has 0 radical (unpaired) electrons. The molecule has 1 fully saturated rings. The third-order valence-corrected chi connectivity index (χ3v) is 3.91. The van der Waals surface area contributed by atoms with Gasteiger partial charge in [0.1, 0.15) is 5.69 Å². The van der Waals surface area contributed by atoms with Gasteiger partial charge in [0.15, 0.2) is 0 Å². The number of rotatable bonds is 4. The third-order valence-electron chi connectivity index (χ3n) is 3.91. The summed E-state index contributed by atoms with van der Waals surface area (Å²) in [5.74, 6) is 0.569. The van der Waals surface area contributed by atoms with E-state index >= 15 is 0 Å². The van der Waals surface area contributed by atoms with Crippen LogP contribution in [0.5, 0.6) is 5.88 Å². The number of aryl methyl sites for hydroxylation is 1. The summed E-state index contributed by atoms with van der Waals surface area (Å²) in [6.45, 7) is 7.61. The Morgan fingerprint density at radius 2 is 2.00 bits per heavy atom. The van der Waals surface area contributed by atoms with Gasteiger partial charge in [0.05, 0.1) is 25.5 Å². The number of ether oxygens (including phenoxy) is 2. The van der Waals surface area contributed by atoms with Gasteiger partial charge in [-0.1, -0.05) is 6.07 Å². The van der Waals surface area contributed by atoms with Crippen LogP contribution in [0.3, 0.4) is 0 Å². The van der Waals surface area contributed by atoms with Gasteiger partial charge in [-0.25, -0.2) is 0 Å². The number of hydrogen-bond donors (Lipinski definition) is 1. The molecule has 3 rings (SSSR count). The molecule has 0 aliphatic carbocycles. The van der Waals surface area contributed by atoms with Gasteiger partial charge in [-0.05, 0) is 37.6 Å². The van der Waals surface area contributed by atoms with Gasteiger partial charge in [-0.2, -0.15) is 0 Å². The van der Waals surface area contributed by atoms with Crippen molar-refractivity contribution in [3.8, 4) is 17.1 Å². The maximum absolute atomic E-state index is 5.92. The Balaban J connectivity index is 2.03. The number of morpholine rings is 1. The number of nitrogen functional groups attached to an aromatic ring is 1. The fraction of sp³-hybridized carbons (Fsp3) is 0.412. The highest BCUT2D eigenvalue weighted by Gasteiger charge is 2.19. The number of nitrogens with zero attached hydrogens (tertiary/aromatic N) is 3. The first kappa shape index (κ1) is 15.6. The maximum Gasteiger partial charge on any atom is 0.257 e. The van der Waals surface area contributed by atoms with E-state index in [1.54, 1.807) is 0 Å². The molecule has 0 unspecified atom stereocenters. The predicted octanol–water partition coefficient (Wildman–Crippen LogP) is 2.27. The number of benzene rings is 1. The Bertz CT molecular complexity index is 684. The molecule has 6 nitrogen and oxygen atoms in total. The van der Waals surface area contributed by atoms with Crippen LogP contribution < -0.4 is 15.4 Å². The minimum Gasteiger partial charge on any atom is -0.475 e. The molecule has 0 spiro atoms. The lowest BCUT2D eigenvalue weighted by Crippen LogP contribution is -2.36. The predicted molar refractivity (Wildman–Crippen MR) is 90.8 cm³/mol. The normalized spacial score (nSPS) is 14.8. The summed E-state index contributed by atoms with van der Waals surface area (Å²) in [6, 6.07) is 7.86. The van der Waals surface area contributed by atoms with Gasteiger partial charge in [0.2, 0.25) is 0 Å². The fourth-order valence-corrected chi connectivity index (χ4v) is 2.69. The fourth-order valence-electron chi connectivity index (χ4n) is 2.69. The molecule has 23 heavy (non-hydrogen) atoms. The first-order valence-electron chi connectivity index (χ1n) is 7.88. The Morgan fingerprint density at radius 1 is 1.22 bits per heavy atom. The van der Waals surface area contributed by atoms with Crippen molar-refractivity contribution in [1.82, 2.24) is 10.2 Å². The SMILES string of the molecule is CCOc1nnc(-c2cc(N)ccc2C)cc1N1CCOCC1. The number of nitrogens with two attached hydrogens (primary N) is 1. The third kappa shape index (κ3) is 3.37. The zero-order valence-electron chi connectivity index (χ0n) is 13.6. The standard InChI is InChI=1S/C17H22N4O2/c1-3-23-17-16(21-6-8-22-9-7-21)11-15(19-20-17)14-10-13(18)5-4-12(14)2/h4-5,10-11H,3,6-9,18H2,1-2H3. The van der Waals surface area contributed by atoms with E-state index in [1.807, 2.05) is 38.1 Å². The maximum atomic E-state index is 5.92. The average Bonchev–Trinajstić information content (AvgIpc) is 2.58. The summed E-state index contributed by atoms with van der Waals surface area (Å²) >= 11 is 0. The van der Waals surface area contributed by atoms with Crippen molar-refractivity contribution < 1.29 is 9.47 Å². The second kappa shape index (κ2) is 6.83. The van der Waals surface area contributed by atoms with Crippen molar-refractivity contribution in [1.29, 1.82) is 0 Å². The van der Waals surface area contributed by atoms with E-state index in [1.165, 1.54) is 0 Å². The van der Waals surface area contributed by atoms with Gasteiger partial charge in [-0.15, -0.1) is 10.2 Å². The van der Waals surface area contributed by atoms with Crippen LogP contribution in [-0.2, 0) is 4.74 Å². The highest BCUT2D eigenvalue weighted by Crippen LogP contribution is 2.32. The summed E-state index contributed by atoms with van der Waals surface area (Å²) in [5, 5.41) is 8.63. The first-order chi connectivity index (χ1) is 11.2. The van der Waals surface area contributed by atoms with Gasteiger partial charge < -0.3 is 20.1 Å². The Morgan fingerprint density at radius 3 is 2.74 bits per heavy atom. The molecule has 1 aromatic carbocycles. The summed E-state index contributed by atoms with van der Waals surface area (Å²) in [6.07, 6.45) is 0. The Labute approximate surface area is 136 Å². The van der Waals surface area contributed by atoms with Gasteiger partial charge >= 0.3 is 0 Å². The van der Waals surface area contributed by atoms with E-state index in [2.05, 4.69) is 15.1 Å². The van der Waals surface area contributed by atoms with Crippen LogP contribution in [0.4, 0.5) is 11.4 Å². The molecule has 1 aliphatic heterocycles. The average molecular weight is 314 g/mol. The number of aromatic nitrogens is 2. The monoisotopic (exact) mass is 314 g/mol. The molecule has 0 bridgehead atoms. The molecule has 6 heteroatoms. The van der Waals surface area contributed by atoms with Crippen LogP contribution in [0.1, 0.15) is 12.5 Å². The van der Waals surface area contributed by atoms with Crippen LogP contribution in [0, 0.1) is 6.92 Å². The Hall–Kier alpha value is -2.34. The van der Waals surface area contributed by atoms with Crippen molar-refractivity contribution in [2.24, 2.45) is 0 Å². The molecule has 1 aromatic heterocycles. The summed E-state index contributed by atoms with van der Waals surface area (Å²) in [4.78, 5) is 2.23. The highest BCUT2D eigenvalue weighted by atomic mass is 16.5. The van der Waals surface area contributed by atoms with Gasteiger partial charge in [0, 0.05) is 24.3 Å². The molecule has 122 valence electrons. The molecule has 2 aromatic rings.